The van der Waals surface area contributed by atoms with E-state index in [-0.39, 0.29) is 5.91 Å². The first kappa shape index (κ1) is 16.1. The molecule has 5 nitrogen and oxygen atoms in total. The molecule has 130 valence electrons. The lowest BCUT2D eigenvalue weighted by Gasteiger charge is -2.07. The van der Waals surface area contributed by atoms with E-state index in [1.807, 2.05) is 73.3 Å². The summed E-state index contributed by atoms with van der Waals surface area (Å²) in [4.78, 5) is 15.9. The Kier molecular flexibility index (Phi) is 3.84. The summed E-state index contributed by atoms with van der Waals surface area (Å²) in [5, 5.41) is 8.42. The minimum atomic E-state index is -0.118. The van der Waals surface area contributed by atoms with E-state index in [9.17, 15) is 4.79 Å². The number of aryl methyl sites for hydroxylation is 3. The number of hydrogen-bond acceptors (Lipinski definition) is 2. The van der Waals surface area contributed by atoms with Gasteiger partial charge in [-0.15, -0.1) is 0 Å². The quantitative estimate of drug-likeness (QED) is 0.573. The van der Waals surface area contributed by atoms with Crippen molar-refractivity contribution >= 4 is 22.5 Å². The zero-order valence-corrected chi connectivity index (χ0v) is 15.0. The third-order valence-electron chi connectivity index (χ3n) is 4.68. The van der Waals surface area contributed by atoms with Gasteiger partial charge >= 0.3 is 0 Å². The van der Waals surface area contributed by atoms with Crippen LogP contribution in [0.3, 0.4) is 0 Å². The lowest BCUT2D eigenvalue weighted by Crippen LogP contribution is -2.11. The maximum atomic E-state index is 12.6. The first-order valence-electron chi connectivity index (χ1n) is 8.54. The molecule has 2 aromatic carbocycles. The Labute approximate surface area is 151 Å². The number of nitrogens with zero attached hydrogens (tertiary/aromatic N) is 2. The smallest absolute Gasteiger partial charge is 0.255 e. The minimum Gasteiger partial charge on any atom is -0.358 e. The minimum absolute atomic E-state index is 0.118. The van der Waals surface area contributed by atoms with Crippen LogP contribution in [-0.2, 0) is 0 Å². The molecule has 4 aromatic rings. The van der Waals surface area contributed by atoms with Crippen LogP contribution in [0.2, 0.25) is 0 Å². The fraction of sp³-hybridized carbons (Fsp3) is 0.143. The van der Waals surface area contributed by atoms with Crippen molar-refractivity contribution in [3.8, 4) is 5.69 Å². The molecule has 0 unspecified atom stereocenters. The van der Waals surface area contributed by atoms with Crippen molar-refractivity contribution in [2.45, 2.75) is 20.8 Å². The molecule has 0 aliphatic heterocycles. The maximum Gasteiger partial charge on any atom is 0.255 e. The topological polar surface area (TPSA) is 62.7 Å². The van der Waals surface area contributed by atoms with E-state index >= 15 is 0 Å². The number of rotatable bonds is 3. The number of aromatic amines is 1. The SMILES string of the molecule is Cc1ccn(-c2ccc(NC(=O)c3ccc4[nH]c(C)c(C)c4c3)cc2)n1. The van der Waals surface area contributed by atoms with Crippen molar-refractivity contribution in [3.63, 3.8) is 0 Å². The standard InChI is InChI=1S/C21H20N4O/c1-13-10-11-25(24-13)18-7-5-17(6-8-18)23-21(26)16-4-9-20-19(12-16)14(2)15(3)22-20/h4-12,22H,1-3H3,(H,23,26). The summed E-state index contributed by atoms with van der Waals surface area (Å²) >= 11 is 0. The number of aromatic nitrogens is 3. The first-order chi connectivity index (χ1) is 12.5. The number of carbonyl (C=O) groups is 1. The van der Waals surface area contributed by atoms with Crippen molar-refractivity contribution in [1.82, 2.24) is 14.8 Å². The Morgan fingerprint density at radius 1 is 1.04 bits per heavy atom. The molecule has 0 aliphatic carbocycles. The highest BCUT2D eigenvalue weighted by Crippen LogP contribution is 2.23. The molecule has 0 fully saturated rings. The van der Waals surface area contributed by atoms with Gasteiger partial charge in [-0.1, -0.05) is 0 Å². The van der Waals surface area contributed by atoms with E-state index in [1.165, 1.54) is 5.56 Å². The molecule has 0 spiro atoms. The number of H-pyrrole nitrogens is 1. The summed E-state index contributed by atoms with van der Waals surface area (Å²) in [6.45, 7) is 6.05. The van der Waals surface area contributed by atoms with Crippen LogP contribution in [-0.4, -0.2) is 20.7 Å². The van der Waals surface area contributed by atoms with Crippen LogP contribution in [0.25, 0.3) is 16.6 Å². The van der Waals surface area contributed by atoms with Crippen LogP contribution in [0.5, 0.6) is 0 Å². The Balaban J connectivity index is 1.55. The van der Waals surface area contributed by atoms with E-state index in [0.717, 1.165) is 33.7 Å². The Hall–Kier alpha value is -3.34. The predicted octanol–water partition coefficient (Wildman–Crippen LogP) is 4.53. The van der Waals surface area contributed by atoms with Gasteiger partial charge in [0.15, 0.2) is 0 Å². The van der Waals surface area contributed by atoms with E-state index < -0.39 is 0 Å². The monoisotopic (exact) mass is 344 g/mol. The van der Waals surface area contributed by atoms with Gasteiger partial charge in [0.05, 0.1) is 11.4 Å². The highest BCUT2D eigenvalue weighted by molar-refractivity contribution is 6.06. The molecule has 5 heteroatoms. The normalized spacial score (nSPS) is 11.0. The van der Waals surface area contributed by atoms with Gasteiger partial charge in [0.25, 0.3) is 5.91 Å². The number of carbonyl (C=O) groups excluding carboxylic acids is 1. The lowest BCUT2D eigenvalue weighted by atomic mass is 10.1. The second-order valence-corrected chi connectivity index (χ2v) is 6.54. The van der Waals surface area contributed by atoms with E-state index in [1.54, 1.807) is 0 Å². The third-order valence-corrected chi connectivity index (χ3v) is 4.68. The molecule has 4 rings (SSSR count). The van der Waals surface area contributed by atoms with Gasteiger partial charge in [0.1, 0.15) is 0 Å². The van der Waals surface area contributed by atoms with Crippen molar-refractivity contribution < 1.29 is 4.79 Å². The Morgan fingerprint density at radius 3 is 2.50 bits per heavy atom. The summed E-state index contributed by atoms with van der Waals surface area (Å²) in [5.41, 5.74) is 6.67. The van der Waals surface area contributed by atoms with Crippen molar-refractivity contribution in [2.75, 3.05) is 5.32 Å². The average molecular weight is 344 g/mol. The zero-order valence-electron chi connectivity index (χ0n) is 15.0. The molecule has 2 heterocycles. The molecule has 0 radical (unpaired) electrons. The van der Waals surface area contributed by atoms with Crippen molar-refractivity contribution in [2.24, 2.45) is 0 Å². The van der Waals surface area contributed by atoms with E-state index in [0.29, 0.717) is 5.56 Å². The van der Waals surface area contributed by atoms with Crippen LogP contribution >= 0.6 is 0 Å². The zero-order chi connectivity index (χ0) is 18.3. The molecule has 0 atom stereocenters. The van der Waals surface area contributed by atoms with Crippen LogP contribution in [0, 0.1) is 20.8 Å². The summed E-state index contributed by atoms with van der Waals surface area (Å²) in [7, 11) is 0. The molecule has 0 saturated carbocycles. The van der Waals surface area contributed by atoms with Crippen molar-refractivity contribution in [3.05, 3.63) is 77.2 Å². The Morgan fingerprint density at radius 2 is 1.81 bits per heavy atom. The number of amides is 1. The predicted molar refractivity (Wildman–Crippen MR) is 104 cm³/mol. The molecular weight excluding hydrogens is 324 g/mol. The van der Waals surface area contributed by atoms with Crippen LogP contribution in [0.4, 0.5) is 5.69 Å². The molecule has 0 aliphatic rings. The van der Waals surface area contributed by atoms with Gasteiger partial charge in [-0.25, -0.2) is 4.68 Å². The van der Waals surface area contributed by atoms with Gasteiger partial charge in [0, 0.05) is 34.0 Å². The number of anilines is 1. The molecule has 0 saturated heterocycles. The van der Waals surface area contributed by atoms with Gasteiger partial charge in [-0.05, 0) is 74.9 Å². The van der Waals surface area contributed by atoms with E-state index in [2.05, 4.69) is 22.3 Å². The fourth-order valence-corrected chi connectivity index (χ4v) is 3.06. The summed E-state index contributed by atoms with van der Waals surface area (Å²) in [5.74, 6) is -0.118. The van der Waals surface area contributed by atoms with Gasteiger partial charge in [-0.3, -0.25) is 4.79 Å². The molecule has 1 amide bonds. The first-order valence-corrected chi connectivity index (χ1v) is 8.54. The summed E-state index contributed by atoms with van der Waals surface area (Å²) < 4.78 is 1.81. The average Bonchev–Trinajstić information content (AvgIpc) is 3.19. The summed E-state index contributed by atoms with van der Waals surface area (Å²) in [6.07, 6.45) is 1.92. The number of benzene rings is 2. The largest absolute Gasteiger partial charge is 0.358 e. The Bertz CT molecular complexity index is 1100. The third kappa shape index (κ3) is 2.88. The van der Waals surface area contributed by atoms with Gasteiger partial charge in [0.2, 0.25) is 0 Å². The lowest BCUT2D eigenvalue weighted by molar-refractivity contribution is 0.102. The number of nitrogens with one attached hydrogen (secondary N) is 2. The van der Waals surface area contributed by atoms with Crippen molar-refractivity contribution in [1.29, 1.82) is 0 Å². The molecule has 2 aromatic heterocycles. The summed E-state index contributed by atoms with van der Waals surface area (Å²) in [6, 6.07) is 15.3. The van der Waals surface area contributed by atoms with Gasteiger partial charge in [-0.2, -0.15) is 5.10 Å². The molecule has 2 N–H and O–H groups in total. The van der Waals surface area contributed by atoms with Crippen LogP contribution < -0.4 is 5.32 Å². The fourth-order valence-electron chi connectivity index (χ4n) is 3.06. The van der Waals surface area contributed by atoms with E-state index in [4.69, 9.17) is 0 Å². The number of fused-ring (bicyclic) bond motifs is 1. The highest BCUT2D eigenvalue weighted by Gasteiger charge is 2.10. The van der Waals surface area contributed by atoms with Gasteiger partial charge < -0.3 is 10.3 Å². The molecule has 0 bridgehead atoms. The number of hydrogen-bond donors (Lipinski definition) is 2. The highest BCUT2D eigenvalue weighted by atomic mass is 16.1. The maximum absolute atomic E-state index is 12.6. The van der Waals surface area contributed by atoms with Crippen LogP contribution in [0.15, 0.2) is 54.7 Å². The molecular formula is C21H20N4O. The van der Waals surface area contributed by atoms with Crippen LogP contribution in [0.1, 0.15) is 27.3 Å². The molecule has 26 heavy (non-hydrogen) atoms. The second-order valence-electron chi connectivity index (χ2n) is 6.54. The second kappa shape index (κ2) is 6.19.